The number of nitrogens with zero attached hydrogens (tertiary/aromatic N) is 2. The van der Waals surface area contributed by atoms with Crippen molar-refractivity contribution in [3.8, 4) is 17.2 Å². The van der Waals surface area contributed by atoms with Gasteiger partial charge in [-0.25, -0.2) is 9.79 Å². The summed E-state index contributed by atoms with van der Waals surface area (Å²) in [5, 5.41) is 0.918. The zero-order chi connectivity index (χ0) is 31.5. The van der Waals surface area contributed by atoms with Gasteiger partial charge in [0.2, 0.25) is 0 Å². The van der Waals surface area contributed by atoms with Crippen molar-refractivity contribution >= 4 is 62.5 Å². The van der Waals surface area contributed by atoms with E-state index in [-0.39, 0.29) is 18.8 Å². The van der Waals surface area contributed by atoms with Gasteiger partial charge in [-0.15, -0.1) is 0 Å². The van der Waals surface area contributed by atoms with E-state index >= 15 is 0 Å². The van der Waals surface area contributed by atoms with Gasteiger partial charge in [0.1, 0.15) is 12.4 Å². The van der Waals surface area contributed by atoms with Gasteiger partial charge >= 0.3 is 5.97 Å². The molecule has 3 aromatic carbocycles. The Labute approximate surface area is 275 Å². The molecule has 0 aliphatic carbocycles. The molecule has 228 valence electrons. The molecule has 1 aromatic heterocycles. The molecule has 1 aliphatic heterocycles. The molecule has 2 heterocycles. The van der Waals surface area contributed by atoms with Gasteiger partial charge in [0, 0.05) is 0 Å². The van der Waals surface area contributed by atoms with Crippen molar-refractivity contribution in [1.29, 1.82) is 0 Å². The number of hydrogen-bond donors (Lipinski definition) is 0. The Hall–Kier alpha value is -3.57. The fourth-order valence-corrected chi connectivity index (χ4v) is 6.72. The SMILES string of the molecule is CCOC(=O)C1=C(C)N=c2s/c(=C/c3ccc(OCc4ccc(Cl)c(Cl)c4)c(OC)c3)c(=O)n2[C@@H]1c1ccc(OC)c(Br)c1. The lowest BCUT2D eigenvalue weighted by Gasteiger charge is -2.25. The molecular formula is C32H27BrCl2N2O6S. The van der Waals surface area contributed by atoms with Crippen molar-refractivity contribution in [1.82, 2.24) is 4.57 Å². The number of ether oxygens (including phenoxy) is 4. The Balaban J connectivity index is 1.54. The number of fused-ring (bicyclic) bond motifs is 1. The van der Waals surface area contributed by atoms with E-state index < -0.39 is 12.0 Å². The van der Waals surface area contributed by atoms with Gasteiger partial charge in [0.15, 0.2) is 16.3 Å². The largest absolute Gasteiger partial charge is 0.496 e. The van der Waals surface area contributed by atoms with E-state index in [9.17, 15) is 9.59 Å². The van der Waals surface area contributed by atoms with Gasteiger partial charge in [-0.1, -0.05) is 52.7 Å². The quantitative estimate of drug-likeness (QED) is 0.185. The predicted molar refractivity (Wildman–Crippen MR) is 175 cm³/mol. The van der Waals surface area contributed by atoms with E-state index in [1.165, 1.54) is 15.9 Å². The molecule has 12 heteroatoms. The molecular weight excluding hydrogens is 691 g/mol. The Morgan fingerprint density at radius 3 is 2.45 bits per heavy atom. The standard InChI is InChI=1S/C32H27BrCl2N2O6S/c1-5-42-31(39)28-17(2)36-32-37(29(28)20-8-11-24(40-3)21(33)15-20)30(38)27(44-32)14-18-7-10-25(26(13-18)41-4)43-16-19-6-9-22(34)23(35)12-19/h6-15,29H,5,16H2,1-4H3/b27-14+/t29-/m1/s1. The van der Waals surface area contributed by atoms with Crippen LogP contribution in [0.25, 0.3) is 6.08 Å². The molecule has 0 N–H and O–H groups in total. The van der Waals surface area contributed by atoms with Crippen LogP contribution < -0.4 is 29.1 Å². The highest BCUT2D eigenvalue weighted by atomic mass is 79.9. The minimum absolute atomic E-state index is 0.189. The number of thiazole rings is 1. The maximum absolute atomic E-state index is 14.0. The average molecular weight is 718 g/mol. The summed E-state index contributed by atoms with van der Waals surface area (Å²) in [5.74, 6) is 1.11. The second-order valence-corrected chi connectivity index (χ2v) is 12.3. The van der Waals surface area contributed by atoms with E-state index in [1.54, 1.807) is 64.5 Å². The summed E-state index contributed by atoms with van der Waals surface area (Å²) < 4.78 is 25.0. The van der Waals surface area contributed by atoms with Crippen molar-refractivity contribution in [2.24, 2.45) is 4.99 Å². The van der Waals surface area contributed by atoms with Gasteiger partial charge in [-0.05, 0) is 88.9 Å². The summed E-state index contributed by atoms with van der Waals surface area (Å²) in [6, 6.07) is 15.4. The van der Waals surface area contributed by atoms with E-state index in [1.807, 2.05) is 24.3 Å². The number of methoxy groups -OCH3 is 2. The molecule has 0 amide bonds. The Kier molecular flexibility index (Phi) is 9.84. The number of aromatic nitrogens is 1. The van der Waals surface area contributed by atoms with Crippen LogP contribution in [0.3, 0.4) is 0 Å². The molecule has 0 unspecified atom stereocenters. The first-order valence-electron chi connectivity index (χ1n) is 13.4. The summed E-state index contributed by atoms with van der Waals surface area (Å²) in [4.78, 5) is 32.2. The molecule has 1 atom stereocenters. The monoisotopic (exact) mass is 716 g/mol. The first kappa shape index (κ1) is 31.8. The fourth-order valence-electron chi connectivity index (χ4n) is 4.79. The zero-order valence-corrected chi connectivity index (χ0v) is 28.1. The minimum atomic E-state index is -0.749. The number of rotatable bonds is 9. The van der Waals surface area contributed by atoms with Crippen molar-refractivity contribution in [2.75, 3.05) is 20.8 Å². The molecule has 0 bridgehead atoms. The van der Waals surface area contributed by atoms with Gasteiger partial charge < -0.3 is 18.9 Å². The number of carbonyl (C=O) groups excluding carboxylic acids is 1. The summed E-state index contributed by atoms with van der Waals surface area (Å²) in [5.41, 5.74) is 2.76. The third-order valence-electron chi connectivity index (χ3n) is 6.87. The second-order valence-electron chi connectivity index (χ2n) is 9.64. The maximum Gasteiger partial charge on any atom is 0.338 e. The van der Waals surface area contributed by atoms with Crippen LogP contribution in [-0.4, -0.2) is 31.4 Å². The van der Waals surface area contributed by atoms with Crippen LogP contribution in [0.1, 0.15) is 36.6 Å². The van der Waals surface area contributed by atoms with Crippen LogP contribution in [0.4, 0.5) is 0 Å². The third-order valence-corrected chi connectivity index (χ3v) is 9.21. The Bertz CT molecular complexity index is 1970. The van der Waals surface area contributed by atoms with E-state index in [4.69, 9.17) is 42.1 Å². The van der Waals surface area contributed by atoms with Crippen molar-refractivity contribution < 1.29 is 23.7 Å². The van der Waals surface area contributed by atoms with Crippen LogP contribution in [0.5, 0.6) is 17.2 Å². The van der Waals surface area contributed by atoms with Crippen LogP contribution in [-0.2, 0) is 16.1 Å². The summed E-state index contributed by atoms with van der Waals surface area (Å²) >= 11 is 16.9. The van der Waals surface area contributed by atoms with Gasteiger partial charge in [0.25, 0.3) is 5.56 Å². The Morgan fingerprint density at radius 2 is 1.77 bits per heavy atom. The van der Waals surface area contributed by atoms with Crippen LogP contribution in [0.15, 0.2) is 80.1 Å². The lowest BCUT2D eigenvalue weighted by molar-refractivity contribution is -0.139. The highest BCUT2D eigenvalue weighted by molar-refractivity contribution is 9.10. The molecule has 0 radical (unpaired) electrons. The van der Waals surface area contributed by atoms with Crippen LogP contribution in [0.2, 0.25) is 10.0 Å². The van der Waals surface area contributed by atoms with Crippen LogP contribution >= 0.6 is 50.5 Å². The van der Waals surface area contributed by atoms with E-state index in [0.29, 0.717) is 57.9 Å². The number of halogens is 3. The molecule has 0 saturated heterocycles. The number of carbonyl (C=O) groups is 1. The predicted octanol–water partition coefficient (Wildman–Crippen LogP) is 6.46. The number of benzene rings is 3. The molecule has 44 heavy (non-hydrogen) atoms. The lowest BCUT2D eigenvalue weighted by atomic mass is 9.96. The molecule has 0 spiro atoms. The highest BCUT2D eigenvalue weighted by Gasteiger charge is 2.33. The lowest BCUT2D eigenvalue weighted by Crippen LogP contribution is -2.39. The number of esters is 1. The smallest absolute Gasteiger partial charge is 0.338 e. The van der Waals surface area contributed by atoms with Gasteiger partial charge in [-0.3, -0.25) is 9.36 Å². The Morgan fingerprint density at radius 1 is 1.02 bits per heavy atom. The fraction of sp³-hybridized carbons (Fsp3) is 0.219. The molecule has 0 saturated carbocycles. The second kappa shape index (κ2) is 13.6. The maximum atomic E-state index is 14.0. The number of allylic oxidation sites excluding steroid dienone is 1. The molecule has 4 aromatic rings. The minimum Gasteiger partial charge on any atom is -0.496 e. The van der Waals surface area contributed by atoms with Crippen LogP contribution in [0, 0.1) is 0 Å². The first-order chi connectivity index (χ1) is 21.1. The summed E-state index contributed by atoms with van der Waals surface area (Å²) in [6.07, 6.45) is 1.76. The first-order valence-corrected chi connectivity index (χ1v) is 15.8. The van der Waals surface area contributed by atoms with Crippen molar-refractivity contribution in [2.45, 2.75) is 26.5 Å². The zero-order valence-electron chi connectivity index (χ0n) is 24.2. The van der Waals surface area contributed by atoms with E-state index in [0.717, 1.165) is 11.1 Å². The van der Waals surface area contributed by atoms with Crippen molar-refractivity contribution in [3.63, 3.8) is 0 Å². The molecule has 5 rings (SSSR count). The highest BCUT2D eigenvalue weighted by Crippen LogP contribution is 2.35. The average Bonchev–Trinajstić information content (AvgIpc) is 3.31. The van der Waals surface area contributed by atoms with Gasteiger partial charge in [-0.2, -0.15) is 0 Å². The van der Waals surface area contributed by atoms with Crippen molar-refractivity contribution in [3.05, 3.63) is 117 Å². The summed E-state index contributed by atoms with van der Waals surface area (Å²) in [6.45, 7) is 3.93. The molecule has 1 aliphatic rings. The molecule has 0 fully saturated rings. The third kappa shape index (κ3) is 6.44. The molecule has 8 nitrogen and oxygen atoms in total. The normalized spacial score (nSPS) is 14.6. The van der Waals surface area contributed by atoms with E-state index in [2.05, 4.69) is 20.9 Å². The summed E-state index contributed by atoms with van der Waals surface area (Å²) in [7, 11) is 3.12. The number of hydrogen-bond acceptors (Lipinski definition) is 8. The topological polar surface area (TPSA) is 88.4 Å². The van der Waals surface area contributed by atoms with Gasteiger partial charge in [0.05, 0.1) is 57.2 Å².